The molecule has 1 aromatic carbocycles. The van der Waals surface area contributed by atoms with Gasteiger partial charge in [-0.2, -0.15) is 8.42 Å². The van der Waals surface area contributed by atoms with Gasteiger partial charge in [0.1, 0.15) is 12.4 Å². The molecule has 0 spiro atoms. The van der Waals surface area contributed by atoms with Crippen LogP contribution in [0, 0.1) is 17.7 Å². The number of piperidine rings is 1. The molecule has 1 aliphatic heterocycles. The van der Waals surface area contributed by atoms with Crippen LogP contribution >= 0.6 is 0 Å². The second kappa shape index (κ2) is 10.3. The summed E-state index contributed by atoms with van der Waals surface area (Å²) in [5, 5.41) is 18.0. The fourth-order valence-corrected chi connectivity index (χ4v) is 6.19. The molecule has 3 N–H and O–H groups in total. The molecule has 1 aromatic heterocycles. The van der Waals surface area contributed by atoms with Crippen molar-refractivity contribution >= 4 is 27.4 Å². The predicted molar refractivity (Wildman–Crippen MR) is 130 cm³/mol. The van der Waals surface area contributed by atoms with Gasteiger partial charge in [0, 0.05) is 41.6 Å². The highest BCUT2D eigenvalue weighted by molar-refractivity contribution is 7.84. The van der Waals surface area contributed by atoms with Gasteiger partial charge in [0.05, 0.1) is 11.9 Å². The second-order valence-corrected chi connectivity index (χ2v) is 11.2. The van der Waals surface area contributed by atoms with E-state index in [1.165, 1.54) is 44.0 Å². The topological polar surface area (TPSA) is 110 Å². The number of rotatable bonds is 7. The van der Waals surface area contributed by atoms with Crippen molar-refractivity contribution in [2.75, 3.05) is 13.1 Å². The van der Waals surface area contributed by atoms with Crippen LogP contribution in [0.4, 0.5) is 4.39 Å². The molecule has 1 saturated heterocycles. The van der Waals surface area contributed by atoms with Crippen LogP contribution in [-0.2, 0) is 21.1 Å². The minimum Gasteiger partial charge on any atom is -0.411 e. The molecule has 0 unspecified atom stereocenters. The van der Waals surface area contributed by atoms with Crippen LogP contribution in [0.15, 0.2) is 23.4 Å². The molecule has 0 amide bonds. The van der Waals surface area contributed by atoms with Crippen molar-refractivity contribution in [3.63, 3.8) is 0 Å². The van der Waals surface area contributed by atoms with E-state index in [1.54, 1.807) is 6.07 Å². The van der Waals surface area contributed by atoms with Gasteiger partial charge in [0.15, 0.2) is 0 Å². The first-order chi connectivity index (χ1) is 16.2. The van der Waals surface area contributed by atoms with Crippen molar-refractivity contribution in [2.24, 2.45) is 22.1 Å². The monoisotopic (exact) mass is 494 g/mol. The Morgan fingerprint density at radius 2 is 1.85 bits per heavy atom. The number of oxime groups is 1. The van der Waals surface area contributed by atoms with Crippen LogP contribution in [0.5, 0.6) is 0 Å². The van der Waals surface area contributed by atoms with Gasteiger partial charge in [-0.15, -0.1) is 0 Å². The number of hydrogen-bond acceptors (Lipinski definition) is 6. The van der Waals surface area contributed by atoms with E-state index in [-0.39, 0.29) is 12.6 Å². The lowest BCUT2D eigenvalue weighted by Crippen LogP contribution is -2.44. The molecule has 1 saturated carbocycles. The van der Waals surface area contributed by atoms with Crippen LogP contribution in [-0.4, -0.2) is 48.4 Å². The predicted octanol–water partition coefficient (Wildman–Crippen LogP) is 4.16. The Balaban J connectivity index is 1.59. The first-order valence-electron chi connectivity index (χ1n) is 12.1. The Hall–Kier alpha value is -2.01. The normalized spacial score (nSPS) is 23.4. The highest BCUT2D eigenvalue weighted by Crippen LogP contribution is 2.37. The van der Waals surface area contributed by atoms with Crippen LogP contribution < -0.4 is 5.14 Å². The van der Waals surface area contributed by atoms with E-state index in [0.717, 1.165) is 43.3 Å². The number of aromatic nitrogens is 1. The van der Waals surface area contributed by atoms with Gasteiger partial charge >= 0.3 is 10.3 Å². The third-order valence-electron chi connectivity index (χ3n) is 7.72. The summed E-state index contributed by atoms with van der Waals surface area (Å²) in [7, 11) is -4.18. The molecule has 0 atom stereocenters. The number of benzene rings is 1. The number of halogens is 1. The van der Waals surface area contributed by atoms with E-state index >= 15 is 0 Å². The average molecular weight is 495 g/mol. The quantitative estimate of drug-likeness (QED) is 0.341. The van der Waals surface area contributed by atoms with Crippen LogP contribution in [0.1, 0.15) is 69.7 Å². The molecule has 34 heavy (non-hydrogen) atoms. The fourth-order valence-electron chi connectivity index (χ4n) is 5.91. The molecule has 8 nitrogen and oxygen atoms in total. The lowest BCUT2D eigenvalue weighted by molar-refractivity contribution is 0.0884. The lowest BCUT2D eigenvalue weighted by atomic mass is 9.79. The molecule has 188 valence electrons. The van der Waals surface area contributed by atoms with E-state index in [0.29, 0.717) is 22.7 Å². The van der Waals surface area contributed by atoms with Crippen molar-refractivity contribution in [3.8, 4) is 0 Å². The summed E-state index contributed by atoms with van der Waals surface area (Å²) < 4.78 is 44.0. The molecular formula is C24H35FN4O4S. The summed E-state index contributed by atoms with van der Waals surface area (Å²) in [6, 6.07) is 5.13. The van der Waals surface area contributed by atoms with Gasteiger partial charge in [0.25, 0.3) is 0 Å². The van der Waals surface area contributed by atoms with Gasteiger partial charge in [-0.25, -0.2) is 9.53 Å². The highest BCUT2D eigenvalue weighted by atomic mass is 32.2. The summed E-state index contributed by atoms with van der Waals surface area (Å²) in [6.07, 6.45) is 8.01. The van der Waals surface area contributed by atoms with Gasteiger partial charge in [-0.1, -0.05) is 19.0 Å². The lowest BCUT2D eigenvalue weighted by Gasteiger charge is -2.42. The molecule has 2 aromatic rings. The second-order valence-electron chi connectivity index (χ2n) is 9.97. The third-order valence-corrected chi connectivity index (χ3v) is 8.17. The van der Waals surface area contributed by atoms with E-state index in [2.05, 4.69) is 23.9 Å². The molecule has 2 fully saturated rings. The molecule has 4 rings (SSSR count). The maximum absolute atomic E-state index is 14.1. The summed E-state index contributed by atoms with van der Waals surface area (Å²) in [4.78, 5) is 2.59. The standard InChI is InChI=1S/C24H35FN4O4S/c1-16(2)17-3-6-19(7-4-17)28-11-9-20(10-12-28)29-23-8-5-18(25)13-21(23)22(14-27-30)24(29)15-33-34(26,31)32/h5,8,13-14,16-17,19-20,30H,3-4,6-7,9-12,15H2,1-2H3,(H2,26,31,32). The van der Waals surface area contributed by atoms with Crippen molar-refractivity contribution in [1.29, 1.82) is 0 Å². The van der Waals surface area contributed by atoms with Gasteiger partial charge in [-0.05, 0) is 68.6 Å². The molecule has 1 aliphatic carbocycles. The molecule has 0 bridgehead atoms. The van der Waals surface area contributed by atoms with Crippen LogP contribution in [0.25, 0.3) is 10.9 Å². The first kappa shape index (κ1) is 25.1. The molecular weight excluding hydrogens is 459 g/mol. The number of likely N-dealkylation sites (tertiary alicyclic amines) is 1. The average Bonchev–Trinajstić information content (AvgIpc) is 3.10. The maximum Gasteiger partial charge on any atom is 0.333 e. The minimum atomic E-state index is -4.18. The number of hydrogen-bond donors (Lipinski definition) is 2. The first-order valence-corrected chi connectivity index (χ1v) is 13.6. The fraction of sp³-hybridized carbons (Fsp3) is 0.625. The molecule has 0 radical (unpaired) electrons. The highest BCUT2D eigenvalue weighted by Gasteiger charge is 2.32. The van der Waals surface area contributed by atoms with Crippen molar-refractivity contribution < 1.29 is 22.2 Å². The van der Waals surface area contributed by atoms with E-state index < -0.39 is 16.1 Å². The molecule has 2 heterocycles. The summed E-state index contributed by atoms with van der Waals surface area (Å²) in [5.41, 5.74) is 1.68. The van der Waals surface area contributed by atoms with E-state index in [1.807, 2.05) is 4.57 Å². The Morgan fingerprint density at radius 1 is 1.18 bits per heavy atom. The Kier molecular flexibility index (Phi) is 7.61. The summed E-state index contributed by atoms with van der Waals surface area (Å²) in [6.45, 7) is 6.20. The summed E-state index contributed by atoms with van der Waals surface area (Å²) >= 11 is 0. The Bertz CT molecular complexity index is 1130. The minimum absolute atomic E-state index is 0.0798. The number of nitrogens with two attached hydrogens (primary N) is 1. The third kappa shape index (κ3) is 5.45. The van der Waals surface area contributed by atoms with Gasteiger partial charge in [0.2, 0.25) is 0 Å². The maximum atomic E-state index is 14.1. The molecule has 10 heteroatoms. The van der Waals surface area contributed by atoms with Crippen LogP contribution in [0.3, 0.4) is 0 Å². The SMILES string of the molecule is CC(C)C1CCC(N2CCC(n3c(COS(N)(=O)=O)c(C=NO)c4cc(F)ccc43)CC2)CC1. The van der Waals surface area contributed by atoms with Gasteiger partial charge in [-0.3, -0.25) is 4.18 Å². The Morgan fingerprint density at radius 3 is 2.44 bits per heavy atom. The largest absolute Gasteiger partial charge is 0.411 e. The summed E-state index contributed by atoms with van der Waals surface area (Å²) in [5.74, 6) is 1.14. The van der Waals surface area contributed by atoms with Gasteiger partial charge < -0.3 is 14.7 Å². The van der Waals surface area contributed by atoms with E-state index in [4.69, 9.17) is 9.32 Å². The number of nitrogens with zero attached hydrogens (tertiary/aromatic N) is 3. The van der Waals surface area contributed by atoms with Crippen molar-refractivity contribution in [3.05, 3.63) is 35.3 Å². The number of fused-ring (bicyclic) bond motifs is 1. The van der Waals surface area contributed by atoms with Crippen LogP contribution in [0.2, 0.25) is 0 Å². The van der Waals surface area contributed by atoms with Crippen molar-refractivity contribution in [2.45, 2.75) is 71.1 Å². The zero-order valence-electron chi connectivity index (χ0n) is 19.9. The zero-order chi connectivity index (χ0) is 24.5. The molecule has 2 aliphatic rings. The van der Waals surface area contributed by atoms with E-state index in [9.17, 15) is 18.0 Å². The smallest absolute Gasteiger partial charge is 0.333 e. The Labute approximate surface area is 200 Å². The van der Waals surface area contributed by atoms with Crippen molar-refractivity contribution in [1.82, 2.24) is 9.47 Å². The zero-order valence-corrected chi connectivity index (χ0v) is 20.7.